The molecule has 1 N–H and O–H groups in total. The number of benzene rings is 1. The lowest BCUT2D eigenvalue weighted by Crippen LogP contribution is -2.10. The van der Waals surface area contributed by atoms with Crippen LogP contribution in [-0.2, 0) is 6.18 Å². The number of ketones is 2. The Morgan fingerprint density at radius 2 is 1.76 bits per heavy atom. The maximum absolute atomic E-state index is 12.7. The van der Waals surface area contributed by atoms with E-state index < -0.39 is 23.3 Å². The van der Waals surface area contributed by atoms with Gasteiger partial charge in [-0.05, 0) is 24.3 Å². The van der Waals surface area contributed by atoms with Gasteiger partial charge < -0.3 is 4.98 Å². The van der Waals surface area contributed by atoms with Gasteiger partial charge in [0.25, 0.3) is 0 Å². The van der Waals surface area contributed by atoms with Gasteiger partial charge in [0.15, 0.2) is 0 Å². The number of alkyl halides is 3. The molecular weight excluding hydrogens is 285 g/mol. The van der Waals surface area contributed by atoms with Crippen LogP contribution >= 0.6 is 0 Å². The summed E-state index contributed by atoms with van der Waals surface area (Å²) in [5.41, 5.74) is -0.755. The van der Waals surface area contributed by atoms with E-state index in [0.717, 1.165) is 24.3 Å². The number of halogens is 3. The Kier molecular flexibility index (Phi) is 2.79. The molecule has 0 fully saturated rings. The minimum atomic E-state index is -4.48. The lowest BCUT2D eigenvalue weighted by atomic mass is 10.1. The lowest BCUT2D eigenvalue weighted by Gasteiger charge is -2.07. The molecule has 21 heavy (non-hydrogen) atoms. The first-order valence-electron chi connectivity index (χ1n) is 5.90. The molecule has 1 heterocycles. The highest BCUT2D eigenvalue weighted by atomic mass is 19.4. The molecule has 2 aromatic rings. The van der Waals surface area contributed by atoms with E-state index in [2.05, 4.69) is 9.97 Å². The number of allylic oxidation sites excluding steroid dienone is 2. The summed E-state index contributed by atoms with van der Waals surface area (Å²) in [6.45, 7) is 0. The summed E-state index contributed by atoms with van der Waals surface area (Å²) < 4.78 is 38.1. The molecule has 1 aromatic heterocycles. The molecule has 0 aliphatic heterocycles. The van der Waals surface area contributed by atoms with Gasteiger partial charge in [0.2, 0.25) is 11.6 Å². The van der Waals surface area contributed by atoms with Crippen LogP contribution in [0.5, 0.6) is 0 Å². The molecule has 3 rings (SSSR count). The van der Waals surface area contributed by atoms with E-state index in [9.17, 15) is 22.8 Å². The number of hydrogen-bond donors (Lipinski definition) is 1. The number of hydrogen-bond acceptors (Lipinski definition) is 3. The number of rotatable bonds is 1. The maximum atomic E-state index is 12.7. The first kappa shape index (κ1) is 13.3. The van der Waals surface area contributed by atoms with Crippen LogP contribution in [0.4, 0.5) is 13.2 Å². The van der Waals surface area contributed by atoms with Crippen LogP contribution in [0.25, 0.3) is 11.4 Å². The van der Waals surface area contributed by atoms with Crippen molar-refractivity contribution in [2.24, 2.45) is 0 Å². The highest BCUT2D eigenvalue weighted by Gasteiger charge is 2.31. The molecule has 1 aliphatic carbocycles. The van der Waals surface area contributed by atoms with Crippen molar-refractivity contribution in [2.45, 2.75) is 6.18 Å². The SMILES string of the molecule is O=C1C=CC(=O)c2[nH]c(-c3cccc(C(F)(F)F)c3)nc21. The van der Waals surface area contributed by atoms with Gasteiger partial charge in [0.1, 0.15) is 17.2 Å². The van der Waals surface area contributed by atoms with Crippen LogP contribution < -0.4 is 0 Å². The van der Waals surface area contributed by atoms with Crippen LogP contribution in [0.3, 0.4) is 0 Å². The maximum Gasteiger partial charge on any atom is 0.416 e. The van der Waals surface area contributed by atoms with Gasteiger partial charge in [0.05, 0.1) is 5.56 Å². The van der Waals surface area contributed by atoms with Crippen LogP contribution in [0.2, 0.25) is 0 Å². The zero-order chi connectivity index (χ0) is 15.2. The molecule has 0 unspecified atom stereocenters. The van der Waals surface area contributed by atoms with E-state index in [4.69, 9.17) is 0 Å². The Balaban J connectivity index is 2.09. The van der Waals surface area contributed by atoms with Gasteiger partial charge in [-0.25, -0.2) is 4.98 Å². The summed E-state index contributed by atoms with van der Waals surface area (Å²) in [4.78, 5) is 29.8. The van der Waals surface area contributed by atoms with Gasteiger partial charge >= 0.3 is 6.18 Å². The van der Waals surface area contributed by atoms with E-state index in [1.807, 2.05) is 0 Å². The zero-order valence-corrected chi connectivity index (χ0v) is 10.4. The second-order valence-electron chi connectivity index (χ2n) is 4.45. The quantitative estimate of drug-likeness (QED) is 0.878. The largest absolute Gasteiger partial charge is 0.416 e. The predicted octanol–water partition coefficient (Wildman–Crippen LogP) is 3.03. The third-order valence-corrected chi connectivity index (χ3v) is 3.03. The van der Waals surface area contributed by atoms with Crippen molar-refractivity contribution in [2.75, 3.05) is 0 Å². The second-order valence-corrected chi connectivity index (χ2v) is 4.45. The van der Waals surface area contributed by atoms with E-state index in [-0.39, 0.29) is 22.8 Å². The standard InChI is InChI=1S/C14H7F3N2O2/c15-14(16,17)8-3-1-2-7(6-8)13-18-11-9(20)4-5-10(21)12(11)19-13/h1-6H,(H,18,19). The van der Waals surface area contributed by atoms with E-state index in [0.29, 0.717) is 0 Å². The lowest BCUT2D eigenvalue weighted by molar-refractivity contribution is -0.137. The van der Waals surface area contributed by atoms with Crippen LogP contribution in [0.15, 0.2) is 36.4 Å². The number of imidazole rings is 1. The predicted molar refractivity (Wildman–Crippen MR) is 66.8 cm³/mol. The topological polar surface area (TPSA) is 62.8 Å². The molecule has 0 atom stereocenters. The number of nitrogens with one attached hydrogen (secondary N) is 1. The fourth-order valence-electron chi connectivity index (χ4n) is 2.02. The molecule has 0 amide bonds. The molecule has 7 heteroatoms. The van der Waals surface area contributed by atoms with Gasteiger partial charge in [-0.15, -0.1) is 0 Å². The summed E-state index contributed by atoms with van der Waals surface area (Å²) in [5.74, 6) is -0.842. The molecule has 0 saturated carbocycles. The number of carbonyl (C=O) groups excluding carboxylic acids is 2. The summed E-state index contributed by atoms with van der Waals surface area (Å²) in [6, 6.07) is 4.50. The molecule has 1 aliphatic rings. The molecule has 0 bridgehead atoms. The van der Waals surface area contributed by atoms with Crippen LogP contribution in [0.1, 0.15) is 26.5 Å². The average molecular weight is 292 g/mol. The van der Waals surface area contributed by atoms with E-state index in [1.165, 1.54) is 12.1 Å². The number of H-pyrrole nitrogens is 1. The van der Waals surface area contributed by atoms with Crippen molar-refractivity contribution in [3.05, 3.63) is 53.4 Å². The molecule has 0 spiro atoms. The Morgan fingerprint density at radius 3 is 2.43 bits per heavy atom. The fourth-order valence-corrected chi connectivity index (χ4v) is 2.02. The zero-order valence-electron chi connectivity index (χ0n) is 10.4. The number of fused-ring (bicyclic) bond motifs is 1. The number of nitrogens with zero attached hydrogens (tertiary/aromatic N) is 1. The van der Waals surface area contributed by atoms with Crippen molar-refractivity contribution >= 4 is 11.6 Å². The van der Waals surface area contributed by atoms with Gasteiger partial charge in [-0.1, -0.05) is 12.1 Å². The molecule has 4 nitrogen and oxygen atoms in total. The summed E-state index contributed by atoms with van der Waals surface area (Å²) >= 11 is 0. The molecule has 106 valence electrons. The highest BCUT2D eigenvalue weighted by molar-refractivity contribution is 6.20. The summed E-state index contributed by atoms with van der Waals surface area (Å²) in [5, 5.41) is 0. The summed E-state index contributed by atoms with van der Waals surface area (Å²) in [6.07, 6.45) is -2.30. The molecule has 0 radical (unpaired) electrons. The Bertz CT molecular complexity index is 752. The van der Waals surface area contributed by atoms with E-state index in [1.54, 1.807) is 0 Å². The summed E-state index contributed by atoms with van der Waals surface area (Å²) in [7, 11) is 0. The van der Waals surface area contributed by atoms with Crippen molar-refractivity contribution in [1.29, 1.82) is 0 Å². The van der Waals surface area contributed by atoms with Crippen molar-refractivity contribution in [3.8, 4) is 11.4 Å². The molecule has 1 aromatic carbocycles. The minimum Gasteiger partial charge on any atom is -0.335 e. The third-order valence-electron chi connectivity index (χ3n) is 3.03. The van der Waals surface area contributed by atoms with Crippen molar-refractivity contribution in [1.82, 2.24) is 9.97 Å². The van der Waals surface area contributed by atoms with Crippen molar-refractivity contribution in [3.63, 3.8) is 0 Å². The van der Waals surface area contributed by atoms with E-state index >= 15 is 0 Å². The first-order valence-corrected chi connectivity index (χ1v) is 5.90. The average Bonchev–Trinajstić information content (AvgIpc) is 2.89. The second kappa shape index (κ2) is 4.41. The normalized spacial score (nSPS) is 14.4. The van der Waals surface area contributed by atoms with Gasteiger partial charge in [0, 0.05) is 5.56 Å². The smallest absolute Gasteiger partial charge is 0.335 e. The Morgan fingerprint density at radius 1 is 1.05 bits per heavy atom. The minimum absolute atomic E-state index is 0.00471. The van der Waals surface area contributed by atoms with Crippen LogP contribution in [-0.4, -0.2) is 21.5 Å². The van der Waals surface area contributed by atoms with Gasteiger partial charge in [-0.3, -0.25) is 9.59 Å². The van der Waals surface area contributed by atoms with Gasteiger partial charge in [-0.2, -0.15) is 13.2 Å². The monoisotopic (exact) mass is 292 g/mol. The highest BCUT2D eigenvalue weighted by Crippen LogP contribution is 2.32. The number of aromatic amines is 1. The molecule has 0 saturated heterocycles. The van der Waals surface area contributed by atoms with Crippen LogP contribution in [0, 0.1) is 0 Å². The fraction of sp³-hybridized carbons (Fsp3) is 0.0714. The molecular formula is C14H7F3N2O2. The number of aromatic nitrogens is 2. The third kappa shape index (κ3) is 2.26. The number of carbonyl (C=O) groups is 2. The Labute approximate surface area is 116 Å². The Hall–Kier alpha value is -2.70. The van der Waals surface area contributed by atoms with Crippen molar-refractivity contribution < 1.29 is 22.8 Å². The first-order chi connectivity index (χ1) is 9.86.